The topological polar surface area (TPSA) is 22.1 Å². The van der Waals surface area contributed by atoms with E-state index in [4.69, 9.17) is 4.74 Å². The molecule has 15 heavy (non-hydrogen) atoms. The number of ether oxygens (including phenoxy) is 1. The van der Waals surface area contributed by atoms with Gasteiger partial charge in [0.25, 0.3) is 0 Å². The Balaban J connectivity index is 1.60. The second kappa shape index (κ2) is 3.87. The summed E-state index contributed by atoms with van der Waals surface area (Å²) in [5.74, 6) is 2.46. The molecular weight excluding hydrogens is 254 g/mol. The fourth-order valence-corrected chi connectivity index (χ4v) is 3.79. The molecule has 0 bridgehead atoms. The Morgan fingerprint density at radius 3 is 2.87 bits per heavy atom. The van der Waals surface area contributed by atoms with Gasteiger partial charge >= 0.3 is 0 Å². The van der Waals surface area contributed by atoms with Gasteiger partial charge in [0.15, 0.2) is 0 Å². The van der Waals surface area contributed by atoms with E-state index in [9.17, 15) is 0 Å². The standard InChI is InChI=1S/C12H14BrNO/c13-11(5-8-3-1-2-4-14-8)12-9-6-15-7-10(9)12/h1-4,9-12H,5-7H2. The van der Waals surface area contributed by atoms with Crippen LogP contribution in [0.15, 0.2) is 24.4 Å². The third-order valence-corrected chi connectivity index (χ3v) is 4.50. The van der Waals surface area contributed by atoms with Crippen molar-refractivity contribution in [3.8, 4) is 0 Å². The molecule has 2 heterocycles. The Morgan fingerprint density at radius 2 is 2.20 bits per heavy atom. The Labute approximate surface area is 98.2 Å². The molecule has 1 aromatic heterocycles. The van der Waals surface area contributed by atoms with Crippen LogP contribution < -0.4 is 0 Å². The monoisotopic (exact) mass is 267 g/mol. The van der Waals surface area contributed by atoms with Gasteiger partial charge in [0, 0.05) is 23.1 Å². The van der Waals surface area contributed by atoms with Crippen LogP contribution in [0.3, 0.4) is 0 Å². The summed E-state index contributed by atoms with van der Waals surface area (Å²) >= 11 is 3.80. The van der Waals surface area contributed by atoms with Gasteiger partial charge in [0.05, 0.1) is 13.2 Å². The van der Waals surface area contributed by atoms with Gasteiger partial charge in [-0.1, -0.05) is 22.0 Å². The van der Waals surface area contributed by atoms with Crippen molar-refractivity contribution in [1.29, 1.82) is 0 Å². The first-order chi connectivity index (χ1) is 7.36. The van der Waals surface area contributed by atoms with E-state index in [-0.39, 0.29) is 0 Å². The molecule has 0 spiro atoms. The van der Waals surface area contributed by atoms with E-state index in [1.807, 2.05) is 12.3 Å². The summed E-state index contributed by atoms with van der Waals surface area (Å²) in [5.41, 5.74) is 1.19. The van der Waals surface area contributed by atoms with Crippen molar-refractivity contribution in [2.24, 2.45) is 17.8 Å². The molecule has 1 aliphatic heterocycles. The Hall–Kier alpha value is -0.410. The highest BCUT2D eigenvalue weighted by molar-refractivity contribution is 9.09. The fraction of sp³-hybridized carbons (Fsp3) is 0.583. The zero-order valence-electron chi connectivity index (χ0n) is 8.47. The molecule has 3 unspecified atom stereocenters. The lowest BCUT2D eigenvalue weighted by atomic mass is 10.1. The van der Waals surface area contributed by atoms with Crippen molar-refractivity contribution < 1.29 is 4.74 Å². The minimum absolute atomic E-state index is 0.575. The van der Waals surface area contributed by atoms with E-state index in [0.717, 1.165) is 37.4 Å². The highest BCUT2D eigenvalue weighted by Gasteiger charge is 2.56. The van der Waals surface area contributed by atoms with Gasteiger partial charge < -0.3 is 4.74 Å². The number of pyridine rings is 1. The summed E-state index contributed by atoms with van der Waals surface area (Å²) < 4.78 is 5.40. The number of fused-ring (bicyclic) bond motifs is 1. The van der Waals surface area contributed by atoms with Crippen LogP contribution in [0, 0.1) is 17.8 Å². The van der Waals surface area contributed by atoms with E-state index in [2.05, 4.69) is 33.0 Å². The predicted octanol–water partition coefficient (Wildman–Crippen LogP) is 2.28. The second-order valence-corrected chi connectivity index (χ2v) is 5.66. The van der Waals surface area contributed by atoms with Crippen LogP contribution in [0.2, 0.25) is 0 Å². The van der Waals surface area contributed by atoms with Crippen molar-refractivity contribution in [2.75, 3.05) is 13.2 Å². The van der Waals surface area contributed by atoms with Gasteiger partial charge in [-0.2, -0.15) is 0 Å². The summed E-state index contributed by atoms with van der Waals surface area (Å²) in [6.45, 7) is 1.94. The summed E-state index contributed by atoms with van der Waals surface area (Å²) in [6.07, 6.45) is 2.91. The van der Waals surface area contributed by atoms with Gasteiger partial charge in [-0.25, -0.2) is 0 Å². The van der Waals surface area contributed by atoms with Gasteiger partial charge in [-0.05, 0) is 29.9 Å². The van der Waals surface area contributed by atoms with Crippen LogP contribution in [0.4, 0.5) is 0 Å². The van der Waals surface area contributed by atoms with Crippen molar-refractivity contribution in [3.63, 3.8) is 0 Å². The Bertz CT molecular complexity index is 333. The van der Waals surface area contributed by atoms with E-state index < -0.39 is 0 Å². The van der Waals surface area contributed by atoms with Crippen LogP contribution in [0.25, 0.3) is 0 Å². The second-order valence-electron chi connectivity index (χ2n) is 4.48. The molecule has 3 rings (SSSR count). The number of nitrogens with zero attached hydrogens (tertiary/aromatic N) is 1. The minimum atomic E-state index is 0.575. The number of halogens is 1. The van der Waals surface area contributed by atoms with Crippen molar-refractivity contribution in [1.82, 2.24) is 4.98 Å². The first-order valence-corrected chi connectivity index (χ1v) is 6.39. The lowest BCUT2D eigenvalue weighted by Crippen LogP contribution is -2.13. The van der Waals surface area contributed by atoms with Crippen molar-refractivity contribution in [2.45, 2.75) is 11.2 Å². The van der Waals surface area contributed by atoms with Gasteiger partial charge in [0.1, 0.15) is 0 Å². The highest BCUT2D eigenvalue weighted by Crippen LogP contribution is 2.54. The predicted molar refractivity (Wildman–Crippen MR) is 61.9 cm³/mol. The molecule has 3 atom stereocenters. The first kappa shape index (κ1) is 9.79. The third kappa shape index (κ3) is 1.83. The molecule has 0 aromatic carbocycles. The molecule has 3 heteroatoms. The highest BCUT2D eigenvalue weighted by atomic mass is 79.9. The van der Waals surface area contributed by atoms with E-state index in [1.54, 1.807) is 0 Å². The molecule has 1 saturated heterocycles. The number of rotatable bonds is 3. The SMILES string of the molecule is BrC(Cc1ccccn1)C1C2COCC21. The van der Waals surface area contributed by atoms with Gasteiger partial charge in [-0.3, -0.25) is 4.98 Å². The maximum atomic E-state index is 5.40. The Morgan fingerprint density at radius 1 is 1.40 bits per heavy atom. The quantitative estimate of drug-likeness (QED) is 0.785. The maximum Gasteiger partial charge on any atom is 0.0501 e. The largest absolute Gasteiger partial charge is 0.381 e. The molecule has 1 aliphatic carbocycles. The zero-order chi connectivity index (χ0) is 10.3. The molecule has 1 aromatic rings. The molecule has 80 valence electrons. The van der Waals surface area contributed by atoms with Gasteiger partial charge in [0.2, 0.25) is 0 Å². The summed E-state index contributed by atoms with van der Waals surface area (Å²) in [6, 6.07) is 6.12. The smallest absolute Gasteiger partial charge is 0.0501 e. The van der Waals surface area contributed by atoms with E-state index >= 15 is 0 Å². The summed E-state index contributed by atoms with van der Waals surface area (Å²) in [4.78, 5) is 4.94. The normalized spacial score (nSPS) is 34.9. The lowest BCUT2D eigenvalue weighted by Gasteiger charge is -2.11. The first-order valence-electron chi connectivity index (χ1n) is 5.48. The zero-order valence-corrected chi connectivity index (χ0v) is 10.1. The molecule has 2 nitrogen and oxygen atoms in total. The van der Waals surface area contributed by atoms with Crippen LogP contribution >= 0.6 is 15.9 Å². The number of hydrogen-bond donors (Lipinski definition) is 0. The van der Waals surface area contributed by atoms with Crippen LogP contribution in [-0.4, -0.2) is 23.0 Å². The molecular formula is C12H14BrNO. The number of hydrogen-bond acceptors (Lipinski definition) is 2. The number of alkyl halides is 1. The molecule has 2 aliphatic rings. The van der Waals surface area contributed by atoms with Gasteiger partial charge in [-0.15, -0.1) is 0 Å². The number of aromatic nitrogens is 1. The van der Waals surface area contributed by atoms with Crippen molar-refractivity contribution in [3.05, 3.63) is 30.1 Å². The Kier molecular flexibility index (Phi) is 2.53. The summed E-state index contributed by atoms with van der Waals surface area (Å²) in [5, 5.41) is 0. The fourth-order valence-electron chi connectivity index (χ4n) is 2.68. The minimum Gasteiger partial charge on any atom is -0.381 e. The molecule has 0 amide bonds. The maximum absolute atomic E-state index is 5.40. The molecule has 2 fully saturated rings. The summed E-state index contributed by atoms with van der Waals surface area (Å²) in [7, 11) is 0. The van der Waals surface area contributed by atoms with E-state index in [1.165, 1.54) is 5.69 Å². The molecule has 1 saturated carbocycles. The average Bonchev–Trinajstić information content (AvgIpc) is 2.75. The molecule has 0 radical (unpaired) electrons. The van der Waals surface area contributed by atoms with Crippen molar-refractivity contribution >= 4 is 15.9 Å². The van der Waals surface area contributed by atoms with Crippen LogP contribution in [-0.2, 0) is 11.2 Å². The van der Waals surface area contributed by atoms with Crippen LogP contribution in [0.1, 0.15) is 5.69 Å². The lowest BCUT2D eigenvalue weighted by molar-refractivity contribution is 0.151. The molecule has 0 N–H and O–H groups in total. The van der Waals surface area contributed by atoms with E-state index in [0.29, 0.717) is 4.83 Å². The average molecular weight is 268 g/mol. The third-order valence-electron chi connectivity index (χ3n) is 3.57. The van der Waals surface area contributed by atoms with Crippen LogP contribution in [0.5, 0.6) is 0 Å².